The summed E-state index contributed by atoms with van der Waals surface area (Å²) in [5.74, 6) is 0.223. The van der Waals surface area contributed by atoms with E-state index in [9.17, 15) is 9.59 Å². The van der Waals surface area contributed by atoms with Crippen molar-refractivity contribution in [1.29, 1.82) is 0 Å². The molecule has 0 aliphatic heterocycles. The highest BCUT2D eigenvalue weighted by atomic mass is 16.2. The topological polar surface area (TPSA) is 70.6 Å². The number of Topliss-reactive ketones (excluding diaryl/α,β-unsaturated/α-hetero) is 1. The molecule has 0 aliphatic rings. The number of hydrogen-bond acceptors (Lipinski definition) is 3. The number of hydrogen-bond donors (Lipinski definition) is 2. The number of ketones is 1. The van der Waals surface area contributed by atoms with Crippen molar-refractivity contribution in [2.24, 2.45) is 11.0 Å². The zero-order valence-electron chi connectivity index (χ0n) is 18.5. The van der Waals surface area contributed by atoms with E-state index in [0.717, 1.165) is 16.7 Å². The molecule has 1 atom stereocenters. The molecule has 0 unspecified atom stereocenters. The third-order valence-electron chi connectivity index (χ3n) is 4.95. The van der Waals surface area contributed by atoms with Crippen molar-refractivity contribution in [2.45, 2.75) is 32.7 Å². The highest BCUT2D eigenvalue weighted by Gasteiger charge is 2.22. The van der Waals surface area contributed by atoms with Crippen molar-refractivity contribution in [3.8, 4) is 0 Å². The molecule has 2 N–H and O–H groups in total. The minimum Gasteiger partial charge on any atom is -0.327 e. The number of nitrogens with one attached hydrogen (secondary N) is 2. The van der Waals surface area contributed by atoms with Crippen molar-refractivity contribution >= 4 is 17.5 Å². The van der Waals surface area contributed by atoms with Crippen LogP contribution in [0.2, 0.25) is 0 Å². The van der Waals surface area contributed by atoms with Gasteiger partial charge in [-0.3, -0.25) is 4.79 Å². The summed E-state index contributed by atoms with van der Waals surface area (Å²) in [5.41, 5.74) is 6.00. The number of benzene rings is 3. The summed E-state index contributed by atoms with van der Waals surface area (Å²) >= 11 is 0. The van der Waals surface area contributed by atoms with Crippen molar-refractivity contribution in [1.82, 2.24) is 10.7 Å². The molecular weight excluding hydrogens is 398 g/mol. The van der Waals surface area contributed by atoms with Gasteiger partial charge in [-0.2, -0.15) is 5.10 Å². The van der Waals surface area contributed by atoms with Gasteiger partial charge in [-0.05, 0) is 17.9 Å². The summed E-state index contributed by atoms with van der Waals surface area (Å²) in [6.07, 6.45) is 0.841. The summed E-state index contributed by atoms with van der Waals surface area (Å²) in [4.78, 5) is 25.5. The van der Waals surface area contributed by atoms with Gasteiger partial charge in [0, 0.05) is 17.5 Å². The zero-order valence-corrected chi connectivity index (χ0v) is 18.5. The third kappa shape index (κ3) is 6.91. The molecule has 164 valence electrons. The molecule has 3 aromatic carbocycles. The Kier molecular flexibility index (Phi) is 8.32. The quantitative estimate of drug-likeness (QED) is 0.374. The first-order chi connectivity index (χ1) is 15.5. The van der Waals surface area contributed by atoms with Gasteiger partial charge < -0.3 is 5.32 Å². The first kappa shape index (κ1) is 22.9. The van der Waals surface area contributed by atoms with Crippen molar-refractivity contribution in [3.63, 3.8) is 0 Å². The number of carbonyl (C=O) groups excluding carboxylic acids is 2. The lowest BCUT2D eigenvalue weighted by Crippen LogP contribution is -2.46. The molecule has 32 heavy (non-hydrogen) atoms. The van der Waals surface area contributed by atoms with Gasteiger partial charge in [0.2, 0.25) is 0 Å². The molecule has 0 bridgehead atoms. The minimum absolute atomic E-state index is 0.00863. The van der Waals surface area contributed by atoms with Gasteiger partial charge in [0.1, 0.15) is 0 Å². The van der Waals surface area contributed by atoms with Gasteiger partial charge in [-0.15, -0.1) is 0 Å². The number of hydrazone groups is 1. The van der Waals surface area contributed by atoms with E-state index < -0.39 is 12.1 Å². The maximum atomic E-state index is 12.8. The first-order valence-corrected chi connectivity index (χ1v) is 10.8. The lowest BCUT2D eigenvalue weighted by atomic mass is 9.96. The number of rotatable bonds is 9. The van der Waals surface area contributed by atoms with Crippen LogP contribution in [0.25, 0.3) is 0 Å². The van der Waals surface area contributed by atoms with E-state index in [1.165, 1.54) is 0 Å². The monoisotopic (exact) mass is 427 g/mol. The van der Waals surface area contributed by atoms with E-state index in [1.54, 1.807) is 0 Å². The predicted octanol–water partition coefficient (Wildman–Crippen LogP) is 4.96. The largest absolute Gasteiger partial charge is 0.335 e. The maximum absolute atomic E-state index is 12.8. The van der Waals surface area contributed by atoms with Crippen LogP contribution in [0, 0.1) is 5.92 Å². The molecule has 5 heteroatoms. The van der Waals surface area contributed by atoms with Gasteiger partial charge in [0.15, 0.2) is 5.78 Å². The van der Waals surface area contributed by atoms with Crippen molar-refractivity contribution in [3.05, 3.63) is 108 Å². The fourth-order valence-electron chi connectivity index (χ4n) is 3.42. The zero-order chi connectivity index (χ0) is 22.8. The Hall–Kier alpha value is -3.73. The van der Waals surface area contributed by atoms with Crippen LogP contribution >= 0.6 is 0 Å². The first-order valence-electron chi connectivity index (χ1n) is 10.8. The highest BCUT2D eigenvalue weighted by molar-refractivity contribution is 6.13. The fourth-order valence-corrected chi connectivity index (χ4v) is 3.42. The Morgan fingerprint density at radius 2 is 1.28 bits per heavy atom. The van der Waals surface area contributed by atoms with E-state index in [0.29, 0.717) is 18.6 Å². The predicted molar refractivity (Wildman–Crippen MR) is 129 cm³/mol. The van der Waals surface area contributed by atoms with Crippen LogP contribution in [0.3, 0.4) is 0 Å². The molecular formula is C27H29N3O2. The Morgan fingerprint density at radius 1 is 0.781 bits per heavy atom. The third-order valence-corrected chi connectivity index (χ3v) is 4.95. The van der Waals surface area contributed by atoms with E-state index in [1.807, 2.05) is 105 Å². The maximum Gasteiger partial charge on any atom is 0.335 e. The molecule has 0 heterocycles. The molecule has 0 radical (unpaired) electrons. The smallest absolute Gasteiger partial charge is 0.327 e. The normalized spacial score (nSPS) is 11.5. The van der Waals surface area contributed by atoms with Gasteiger partial charge in [0.05, 0.1) is 11.8 Å². The molecule has 0 spiro atoms. The van der Waals surface area contributed by atoms with Gasteiger partial charge in [-0.1, -0.05) is 105 Å². The Bertz CT molecular complexity index is 991. The molecule has 0 aliphatic carbocycles. The summed E-state index contributed by atoms with van der Waals surface area (Å²) in [6.45, 7) is 3.99. The lowest BCUT2D eigenvalue weighted by Gasteiger charge is -2.19. The average molecular weight is 428 g/mol. The van der Waals surface area contributed by atoms with Crippen LogP contribution in [0.15, 0.2) is 96.1 Å². The van der Waals surface area contributed by atoms with Crippen LogP contribution in [-0.4, -0.2) is 23.6 Å². The number of nitrogens with zero attached hydrogens (tertiary/aromatic N) is 1. The number of carbonyl (C=O) groups is 2. The average Bonchev–Trinajstić information content (AvgIpc) is 2.80. The second kappa shape index (κ2) is 11.6. The van der Waals surface area contributed by atoms with Gasteiger partial charge in [0.25, 0.3) is 0 Å². The SMILES string of the molecule is CC(C)CC(=O)[C@@H](Cc1ccccc1)NC(=O)NN=C(c1ccccc1)c1ccccc1. The molecule has 0 saturated heterocycles. The van der Waals surface area contributed by atoms with Crippen LogP contribution in [0.4, 0.5) is 4.79 Å². The molecule has 3 aromatic rings. The van der Waals surface area contributed by atoms with Crippen molar-refractivity contribution < 1.29 is 9.59 Å². The molecule has 3 rings (SSSR count). The van der Waals surface area contributed by atoms with Gasteiger partial charge >= 0.3 is 6.03 Å². The van der Waals surface area contributed by atoms with E-state index in [2.05, 4.69) is 15.8 Å². The van der Waals surface area contributed by atoms with Crippen LogP contribution in [0.1, 0.15) is 37.0 Å². The highest BCUT2D eigenvalue weighted by Crippen LogP contribution is 2.11. The fraction of sp³-hybridized carbons (Fsp3) is 0.222. The number of amides is 2. The van der Waals surface area contributed by atoms with E-state index >= 15 is 0 Å². The summed E-state index contributed by atoms with van der Waals surface area (Å²) in [6, 6.07) is 27.9. The molecule has 2 amide bonds. The second-order valence-corrected chi connectivity index (χ2v) is 8.08. The van der Waals surface area contributed by atoms with E-state index in [-0.39, 0.29) is 11.7 Å². The summed E-state index contributed by atoms with van der Waals surface area (Å²) < 4.78 is 0. The molecule has 0 saturated carbocycles. The minimum atomic E-state index is -0.619. The summed E-state index contributed by atoms with van der Waals surface area (Å²) in [7, 11) is 0. The Morgan fingerprint density at radius 3 is 1.78 bits per heavy atom. The van der Waals surface area contributed by atoms with Crippen LogP contribution in [0.5, 0.6) is 0 Å². The molecule has 0 aromatic heterocycles. The van der Waals surface area contributed by atoms with Crippen LogP contribution in [-0.2, 0) is 11.2 Å². The Balaban J connectivity index is 1.77. The number of urea groups is 1. The van der Waals surface area contributed by atoms with Crippen LogP contribution < -0.4 is 10.7 Å². The molecule has 0 fully saturated rings. The van der Waals surface area contributed by atoms with Crippen molar-refractivity contribution in [2.75, 3.05) is 0 Å². The second-order valence-electron chi connectivity index (χ2n) is 8.08. The van der Waals surface area contributed by atoms with E-state index in [4.69, 9.17) is 0 Å². The summed E-state index contributed by atoms with van der Waals surface area (Å²) in [5, 5.41) is 7.21. The Labute approximate surface area is 189 Å². The molecule has 5 nitrogen and oxygen atoms in total. The standard InChI is InChI=1S/C27H29N3O2/c1-20(2)18-25(31)24(19-21-12-6-3-7-13-21)28-27(32)30-29-26(22-14-8-4-9-15-22)23-16-10-5-11-17-23/h3-17,20,24H,18-19H2,1-2H3,(H2,28,30,32)/t24-/m1/s1. The van der Waals surface area contributed by atoms with Gasteiger partial charge in [-0.25, -0.2) is 10.2 Å². The lowest BCUT2D eigenvalue weighted by molar-refractivity contribution is -0.121.